The molecule has 0 amide bonds. The minimum Gasteiger partial charge on any atom is -0.480 e. The van der Waals surface area contributed by atoms with Gasteiger partial charge in [0.25, 0.3) is 0 Å². The first-order valence-corrected chi connectivity index (χ1v) is 4.28. The lowest BCUT2D eigenvalue weighted by molar-refractivity contribution is -0.138. The van der Waals surface area contributed by atoms with Gasteiger partial charge in [0.05, 0.1) is 0 Å². The summed E-state index contributed by atoms with van der Waals surface area (Å²) in [5.41, 5.74) is 0. The molecule has 0 aliphatic carbocycles. The fraction of sp³-hybridized carbons (Fsp3) is 0.857. The maximum Gasteiger partial charge on any atom is 0.321 e. The second-order valence-electron chi connectivity index (χ2n) is 2.88. The van der Waals surface area contributed by atoms with Crippen LogP contribution < -0.4 is 5.32 Å². The van der Waals surface area contributed by atoms with Crippen molar-refractivity contribution in [3.05, 3.63) is 0 Å². The molecule has 0 aromatic rings. The highest BCUT2D eigenvalue weighted by molar-refractivity contribution is 7.80. The highest BCUT2D eigenvalue weighted by atomic mass is 32.1. The van der Waals surface area contributed by atoms with E-state index in [1.165, 1.54) is 0 Å². The summed E-state index contributed by atoms with van der Waals surface area (Å²) in [5, 5.41) is 11.5. The Morgan fingerprint density at radius 2 is 2.18 bits per heavy atom. The van der Waals surface area contributed by atoms with Crippen molar-refractivity contribution < 1.29 is 9.90 Å². The molecule has 3 nitrogen and oxygen atoms in total. The molecule has 2 N–H and O–H groups in total. The molecule has 1 atom stereocenters. The van der Waals surface area contributed by atoms with E-state index in [1.54, 1.807) is 0 Å². The molecule has 0 saturated heterocycles. The Morgan fingerprint density at radius 1 is 1.64 bits per heavy atom. The molecule has 0 radical (unpaired) electrons. The van der Waals surface area contributed by atoms with Crippen LogP contribution in [-0.2, 0) is 4.79 Å². The lowest BCUT2D eigenvalue weighted by Crippen LogP contribution is -2.40. The van der Waals surface area contributed by atoms with Crippen LogP contribution in [0.4, 0.5) is 0 Å². The summed E-state index contributed by atoms with van der Waals surface area (Å²) in [5.74, 6) is -0.0282. The van der Waals surface area contributed by atoms with Crippen molar-refractivity contribution >= 4 is 18.6 Å². The molecule has 0 aromatic heterocycles. The Hall–Kier alpha value is -0.220. The van der Waals surface area contributed by atoms with Crippen molar-refractivity contribution in [2.24, 2.45) is 5.92 Å². The van der Waals surface area contributed by atoms with Gasteiger partial charge >= 0.3 is 5.97 Å². The molecule has 11 heavy (non-hydrogen) atoms. The van der Waals surface area contributed by atoms with Gasteiger partial charge in [0, 0.05) is 5.75 Å². The van der Waals surface area contributed by atoms with Gasteiger partial charge in [0.1, 0.15) is 6.04 Å². The first-order chi connectivity index (χ1) is 5.07. The Balaban J connectivity index is 3.61. The van der Waals surface area contributed by atoms with Gasteiger partial charge in [-0.25, -0.2) is 0 Å². The summed E-state index contributed by atoms with van der Waals surface area (Å²) in [6.07, 6.45) is 0. The zero-order valence-corrected chi connectivity index (χ0v) is 7.77. The van der Waals surface area contributed by atoms with Gasteiger partial charge in [-0.3, -0.25) is 4.79 Å². The van der Waals surface area contributed by atoms with Crippen molar-refractivity contribution in [1.29, 1.82) is 0 Å². The number of carboxylic acid groups (broad SMARTS) is 1. The number of hydrogen-bond donors (Lipinski definition) is 3. The number of hydrogen-bond acceptors (Lipinski definition) is 3. The molecular formula is C7H15NO2S. The van der Waals surface area contributed by atoms with Crippen molar-refractivity contribution in [3.8, 4) is 0 Å². The smallest absolute Gasteiger partial charge is 0.321 e. The molecule has 4 heteroatoms. The molecule has 0 fully saturated rings. The average molecular weight is 177 g/mol. The Bertz CT molecular complexity index is 128. The molecule has 0 saturated carbocycles. The number of rotatable bonds is 5. The van der Waals surface area contributed by atoms with Gasteiger partial charge in [-0.2, -0.15) is 12.6 Å². The monoisotopic (exact) mass is 177 g/mol. The van der Waals surface area contributed by atoms with Gasteiger partial charge < -0.3 is 10.4 Å². The molecule has 0 aliphatic heterocycles. The molecule has 0 rings (SSSR count). The summed E-state index contributed by atoms with van der Waals surface area (Å²) in [6, 6.07) is -0.513. The minimum absolute atomic E-state index is 0.335. The number of carbonyl (C=O) groups is 1. The van der Waals surface area contributed by atoms with Crippen LogP contribution in [0.25, 0.3) is 0 Å². The average Bonchev–Trinajstić information content (AvgIpc) is 1.87. The zero-order valence-electron chi connectivity index (χ0n) is 6.87. The van der Waals surface area contributed by atoms with E-state index in [4.69, 9.17) is 5.11 Å². The van der Waals surface area contributed by atoms with Crippen LogP contribution in [0.5, 0.6) is 0 Å². The van der Waals surface area contributed by atoms with Crippen molar-refractivity contribution in [2.45, 2.75) is 19.9 Å². The molecule has 0 aromatic carbocycles. The van der Waals surface area contributed by atoms with Crippen molar-refractivity contribution in [2.75, 3.05) is 12.3 Å². The second kappa shape index (κ2) is 5.43. The third-order valence-electron chi connectivity index (χ3n) is 1.25. The first kappa shape index (κ1) is 10.8. The van der Waals surface area contributed by atoms with E-state index < -0.39 is 12.0 Å². The molecule has 0 aliphatic rings. The first-order valence-electron chi connectivity index (χ1n) is 3.65. The van der Waals surface area contributed by atoms with Crippen molar-refractivity contribution in [1.82, 2.24) is 5.32 Å². The summed E-state index contributed by atoms with van der Waals surface area (Å²) >= 11 is 3.91. The zero-order chi connectivity index (χ0) is 8.85. The standard InChI is InChI=1S/C7H15NO2S/c1-5(2)3-8-6(4-11)7(9)10/h5-6,8,11H,3-4H2,1-2H3,(H,9,10)/t6-/m0/s1. The van der Waals surface area contributed by atoms with E-state index in [1.807, 2.05) is 13.8 Å². The second-order valence-corrected chi connectivity index (χ2v) is 3.24. The maximum atomic E-state index is 10.4. The van der Waals surface area contributed by atoms with Crippen LogP contribution in [0, 0.1) is 5.92 Å². The predicted molar refractivity (Wildman–Crippen MR) is 48.1 cm³/mol. The van der Waals surface area contributed by atoms with Crippen LogP contribution >= 0.6 is 12.6 Å². The largest absolute Gasteiger partial charge is 0.480 e. The normalized spacial score (nSPS) is 13.5. The van der Waals surface area contributed by atoms with Crippen LogP contribution in [-0.4, -0.2) is 29.4 Å². The summed E-state index contributed by atoms with van der Waals surface area (Å²) in [6.45, 7) is 4.78. The molecular weight excluding hydrogens is 162 g/mol. The molecule has 66 valence electrons. The van der Waals surface area contributed by atoms with E-state index in [-0.39, 0.29) is 0 Å². The summed E-state index contributed by atoms with van der Waals surface area (Å²) in [7, 11) is 0. The lowest BCUT2D eigenvalue weighted by atomic mass is 10.2. The van der Waals surface area contributed by atoms with Crippen molar-refractivity contribution in [3.63, 3.8) is 0 Å². The Morgan fingerprint density at radius 3 is 2.45 bits per heavy atom. The fourth-order valence-corrected chi connectivity index (χ4v) is 0.893. The van der Waals surface area contributed by atoms with Gasteiger partial charge in [0.2, 0.25) is 0 Å². The number of thiol groups is 1. The number of aliphatic carboxylic acids is 1. The highest BCUT2D eigenvalue weighted by Gasteiger charge is 2.13. The molecule has 0 unspecified atom stereocenters. The minimum atomic E-state index is -0.833. The third kappa shape index (κ3) is 5.09. The van der Waals surface area contributed by atoms with E-state index in [0.29, 0.717) is 11.7 Å². The van der Waals surface area contributed by atoms with Gasteiger partial charge in [0.15, 0.2) is 0 Å². The van der Waals surface area contributed by atoms with E-state index in [9.17, 15) is 4.79 Å². The van der Waals surface area contributed by atoms with Crippen LogP contribution in [0.3, 0.4) is 0 Å². The maximum absolute atomic E-state index is 10.4. The Kier molecular flexibility index (Phi) is 5.32. The Labute approximate surface area is 72.6 Å². The number of nitrogens with one attached hydrogen (secondary N) is 1. The summed E-state index contributed by atoms with van der Waals surface area (Å²) in [4.78, 5) is 10.4. The predicted octanol–water partition coefficient (Wildman–Crippen LogP) is 0.615. The third-order valence-corrected chi connectivity index (χ3v) is 1.62. The van der Waals surface area contributed by atoms with E-state index in [2.05, 4.69) is 17.9 Å². The quantitative estimate of drug-likeness (QED) is 0.539. The van der Waals surface area contributed by atoms with E-state index in [0.717, 1.165) is 6.54 Å². The highest BCUT2D eigenvalue weighted by Crippen LogP contribution is 1.92. The fourth-order valence-electron chi connectivity index (χ4n) is 0.608. The van der Waals surface area contributed by atoms with Gasteiger partial charge in [-0.05, 0) is 12.5 Å². The summed E-state index contributed by atoms with van der Waals surface area (Å²) < 4.78 is 0. The topological polar surface area (TPSA) is 49.3 Å². The molecule has 0 spiro atoms. The SMILES string of the molecule is CC(C)CN[C@@H](CS)C(=O)O. The van der Waals surface area contributed by atoms with E-state index >= 15 is 0 Å². The molecule has 0 heterocycles. The van der Waals surface area contributed by atoms with Gasteiger partial charge in [-0.15, -0.1) is 0 Å². The molecule has 0 bridgehead atoms. The lowest BCUT2D eigenvalue weighted by Gasteiger charge is -2.12. The van der Waals surface area contributed by atoms with Crippen LogP contribution in [0.2, 0.25) is 0 Å². The van der Waals surface area contributed by atoms with Crippen LogP contribution in [0.1, 0.15) is 13.8 Å². The van der Waals surface area contributed by atoms with Gasteiger partial charge in [-0.1, -0.05) is 13.8 Å². The van der Waals surface area contributed by atoms with Crippen LogP contribution in [0.15, 0.2) is 0 Å². The number of carboxylic acids is 1.